The zero-order chi connectivity index (χ0) is 84.5. The fraction of sp³-hybridized carbons (Fsp3) is 0.969. The third-order valence-corrected chi connectivity index (χ3v) is 21.6. The number of rotatable bonds is 28. The van der Waals surface area contributed by atoms with Crippen LogP contribution in [0.1, 0.15) is 27.7 Å². The summed E-state index contributed by atoms with van der Waals surface area (Å²) in [6.07, 6.45) is -99.9. The highest BCUT2D eigenvalue weighted by Crippen LogP contribution is 2.41. The van der Waals surface area contributed by atoms with Gasteiger partial charge in [0.05, 0.1) is 65.1 Å². The van der Waals surface area contributed by atoms with Crippen LogP contribution in [0.4, 0.5) is 0 Å². The van der Waals surface area contributed by atoms with Crippen LogP contribution in [0.25, 0.3) is 0 Å². The molecule has 115 heavy (non-hydrogen) atoms. The lowest BCUT2D eigenvalue weighted by molar-refractivity contribution is -0.399. The third-order valence-electron chi connectivity index (χ3n) is 21.6. The molecule has 1 unspecified atom stereocenters. The van der Waals surface area contributed by atoms with Gasteiger partial charge in [0, 0.05) is 13.8 Å². The van der Waals surface area contributed by atoms with Gasteiger partial charge in [-0.15, -0.1) is 0 Å². The van der Waals surface area contributed by atoms with E-state index >= 15 is 0 Å². The molecular formula is C64H108N2O49. The molecule has 30 N–H and O–H groups in total. The van der Waals surface area contributed by atoms with Crippen LogP contribution in [0.15, 0.2) is 0 Å². The Kier molecular flexibility index (Phi) is 33.3. The number of aliphatic hydroxyl groups is 28. The standard InChI is InChI=1S/C64H108N2O49/c1-13-27(76)34(83)40(89)58(98-13)111-50-25(65-15(3)74)56(105-22(10-72)48(50)109-62-44(93)52(31(80)19(7-69)103-62)114-60-42(91)36(85)29(78)17(5-67)101-60)97-12-24-33(82)54(46(95)64(107-24)108-47-21(9-71)100-55(96)39(88)38(47)87)113-57-26(66-16(4)75)51(112-59-41(90)35(84)28(77)14(2)99-59)49(23(11-73)106-57)110-63-45(94)53(32(81)20(8-70)104-63)115-61-43(92)37(86)30(79)18(6-68)102-61/h13-14,17-64,67-73,76-96H,5-12H2,1-4H3,(H,65,74)(H,66,75)/t13-,14-,17+,18+,19+,20+,21+,22+,23+,24+,25+,26+,27+,28+,29-,30-,31-,32-,33-,34+,35+,36-,37-,38+,39+,40-,41-,42+,43+,44+,45+,46+,47+,48+,49+,50+,51+,52-,53-,54-,55?,56+,57-,58-,59-,60+,61+,62-,63-,64-/m0/s1. The summed E-state index contributed by atoms with van der Waals surface area (Å²) in [5, 5.41) is 314. The smallest absolute Gasteiger partial charge is 0.217 e. The number of amides is 2. The van der Waals surface area contributed by atoms with Crippen molar-refractivity contribution >= 4 is 11.8 Å². The molecule has 2 amide bonds. The minimum absolute atomic E-state index is 0.895. The fourth-order valence-corrected chi connectivity index (χ4v) is 15.0. The molecule has 0 aliphatic carbocycles. The minimum Gasteiger partial charge on any atom is -0.394 e. The highest BCUT2D eigenvalue weighted by molar-refractivity contribution is 5.73. The Balaban J connectivity index is 0.998. The molecule has 51 nitrogen and oxygen atoms in total. The normalized spacial score (nSPS) is 52.1. The predicted molar refractivity (Wildman–Crippen MR) is 350 cm³/mol. The van der Waals surface area contributed by atoms with E-state index in [0.717, 1.165) is 13.8 Å². The first-order valence-electron chi connectivity index (χ1n) is 36.9. The molecule has 0 saturated carbocycles. The van der Waals surface area contributed by atoms with Gasteiger partial charge in [0.25, 0.3) is 0 Å². The average Bonchev–Trinajstić information content (AvgIpc) is 0.757. The molecule has 0 spiro atoms. The van der Waals surface area contributed by atoms with Gasteiger partial charge >= 0.3 is 0 Å². The van der Waals surface area contributed by atoms with Gasteiger partial charge < -0.3 is 244 Å². The van der Waals surface area contributed by atoms with E-state index in [2.05, 4.69) is 10.6 Å². The monoisotopic (exact) mass is 1690 g/mol. The molecule has 0 aromatic carbocycles. The van der Waals surface area contributed by atoms with Crippen LogP contribution in [0.5, 0.6) is 0 Å². The quantitative estimate of drug-likeness (QED) is 0.0346. The number of aliphatic hydroxyl groups excluding tert-OH is 28. The number of ether oxygens (including phenoxy) is 19. The first-order chi connectivity index (χ1) is 54.4. The molecule has 51 heteroatoms. The lowest BCUT2D eigenvalue weighted by Gasteiger charge is -2.52. The molecule has 10 fully saturated rings. The van der Waals surface area contributed by atoms with Crippen molar-refractivity contribution in [2.75, 3.05) is 52.9 Å². The number of carbonyl (C=O) groups is 2. The predicted octanol–water partition coefficient (Wildman–Crippen LogP) is -20.5. The molecule has 50 atom stereocenters. The molecule has 10 saturated heterocycles. The maximum Gasteiger partial charge on any atom is 0.217 e. The Labute approximate surface area is 650 Å². The summed E-state index contributed by atoms with van der Waals surface area (Å²) in [7, 11) is 0. The number of hydrogen-bond acceptors (Lipinski definition) is 49. The van der Waals surface area contributed by atoms with Crippen molar-refractivity contribution in [3.63, 3.8) is 0 Å². The van der Waals surface area contributed by atoms with Crippen LogP contribution in [-0.2, 0) is 99.6 Å². The van der Waals surface area contributed by atoms with Gasteiger partial charge in [0.1, 0.15) is 232 Å². The molecule has 10 rings (SSSR count). The van der Waals surface area contributed by atoms with Gasteiger partial charge in [0.2, 0.25) is 11.8 Å². The Hall–Kier alpha value is -2.94. The molecule has 0 aromatic rings. The molecule has 0 bridgehead atoms. The van der Waals surface area contributed by atoms with Gasteiger partial charge in [-0.2, -0.15) is 0 Å². The molecular weight excluding hydrogens is 1580 g/mol. The fourth-order valence-electron chi connectivity index (χ4n) is 15.0. The van der Waals surface area contributed by atoms with E-state index in [4.69, 9.17) is 90.0 Å². The summed E-state index contributed by atoms with van der Waals surface area (Å²) in [5.74, 6) is -2.05. The topological polar surface area (TPSA) is 800 Å². The first-order valence-corrected chi connectivity index (χ1v) is 36.9. The van der Waals surface area contributed by atoms with E-state index in [1.54, 1.807) is 0 Å². The highest BCUT2D eigenvalue weighted by atomic mass is 16.8. The zero-order valence-corrected chi connectivity index (χ0v) is 61.6. The molecule has 10 aliphatic heterocycles. The summed E-state index contributed by atoms with van der Waals surface area (Å²) < 4.78 is 113. The minimum atomic E-state index is -2.53. The Morgan fingerprint density at radius 2 is 0.504 bits per heavy atom. The van der Waals surface area contributed by atoms with Gasteiger partial charge in [-0.05, 0) is 13.8 Å². The molecule has 0 radical (unpaired) electrons. The summed E-state index contributed by atoms with van der Waals surface area (Å²) >= 11 is 0. The lowest BCUT2D eigenvalue weighted by atomic mass is 9.93. The van der Waals surface area contributed by atoms with Crippen molar-refractivity contribution < 1.29 is 243 Å². The highest BCUT2D eigenvalue weighted by Gasteiger charge is 2.62. The van der Waals surface area contributed by atoms with Gasteiger partial charge in [-0.3, -0.25) is 9.59 Å². The van der Waals surface area contributed by atoms with E-state index in [1.165, 1.54) is 13.8 Å². The van der Waals surface area contributed by atoms with E-state index in [9.17, 15) is 153 Å². The van der Waals surface area contributed by atoms with Crippen LogP contribution < -0.4 is 10.6 Å². The van der Waals surface area contributed by atoms with E-state index < -0.39 is 372 Å². The van der Waals surface area contributed by atoms with Gasteiger partial charge in [-0.1, -0.05) is 0 Å². The van der Waals surface area contributed by atoms with Crippen molar-refractivity contribution in [1.29, 1.82) is 0 Å². The maximum atomic E-state index is 13.6. The number of carbonyl (C=O) groups excluding carboxylic acids is 2. The first kappa shape index (κ1) is 94.3. The molecule has 10 heterocycles. The van der Waals surface area contributed by atoms with Crippen molar-refractivity contribution in [3.05, 3.63) is 0 Å². The van der Waals surface area contributed by atoms with E-state index in [1.807, 2.05) is 0 Å². The van der Waals surface area contributed by atoms with Crippen LogP contribution >= 0.6 is 0 Å². The zero-order valence-electron chi connectivity index (χ0n) is 61.6. The summed E-state index contributed by atoms with van der Waals surface area (Å²) in [6, 6.07) is -4.10. The second-order valence-corrected chi connectivity index (χ2v) is 29.5. The van der Waals surface area contributed by atoms with Gasteiger partial charge in [-0.25, -0.2) is 0 Å². The Bertz CT molecular complexity index is 3010. The van der Waals surface area contributed by atoms with Crippen LogP contribution in [0, 0.1) is 0 Å². The van der Waals surface area contributed by atoms with Crippen LogP contribution in [-0.4, -0.2) is 515 Å². The second kappa shape index (κ2) is 40.6. The lowest BCUT2D eigenvalue weighted by Crippen LogP contribution is -2.71. The van der Waals surface area contributed by atoms with E-state index in [0.29, 0.717) is 0 Å². The van der Waals surface area contributed by atoms with Crippen LogP contribution in [0.2, 0.25) is 0 Å². The van der Waals surface area contributed by atoms with Crippen molar-refractivity contribution in [3.8, 4) is 0 Å². The molecule has 0 aromatic heterocycles. The Morgan fingerprint density at radius 1 is 0.243 bits per heavy atom. The summed E-state index contributed by atoms with van der Waals surface area (Å²) in [5.41, 5.74) is 0. The van der Waals surface area contributed by atoms with Gasteiger partial charge in [0.15, 0.2) is 62.9 Å². The van der Waals surface area contributed by atoms with Crippen LogP contribution in [0.3, 0.4) is 0 Å². The van der Waals surface area contributed by atoms with Crippen molar-refractivity contribution in [2.45, 2.75) is 335 Å². The third kappa shape index (κ3) is 20.1. The second-order valence-electron chi connectivity index (χ2n) is 29.5. The largest absolute Gasteiger partial charge is 0.394 e. The summed E-state index contributed by atoms with van der Waals surface area (Å²) in [6.45, 7) is -4.75. The SMILES string of the molecule is CC(=O)N[C@H]1[C@H](OC[C@H]2O[C@@H](O[C@H]3[C@H](O)[C@@H](O)C(O)O[C@@H]3CO)[C@H](O)[C@@H](O[C@@H]3O[C@H](CO)[C@@H](O[C@@H]4O[C@H](CO)[C@H](O)[C@H](O[C@H]5O[C@H](CO)[C@H](O)[C@H](O)[C@H]5O)[C@H]4O)[C@H](O[C@@H]4O[C@@H](C)[C@@H](O)[C@@H](O)[C@@H]4O)[C@H]3NC(C)=O)[C@H]2O)O[C@H](CO)[C@@H](O[C@@H]2O[C@H](CO)[C@H](O)[C@H](O[C@H]3O[C@H](CO)[C@H](O)[C@H](O)[C@H]3O)[C@H]2O)[C@@H]1O[C@@H]1O[C@@H](C)[C@@H](O)[C@@H](O)[C@@H]1O. The molecule has 10 aliphatic rings. The van der Waals surface area contributed by atoms with Crippen molar-refractivity contribution in [2.24, 2.45) is 0 Å². The average molecular weight is 1690 g/mol. The number of nitrogens with one attached hydrogen (secondary N) is 2. The summed E-state index contributed by atoms with van der Waals surface area (Å²) in [4.78, 5) is 27.2. The Morgan fingerprint density at radius 3 is 0.870 bits per heavy atom. The maximum absolute atomic E-state index is 13.6. The molecule has 668 valence electrons. The number of hydrogen-bond donors (Lipinski definition) is 30. The van der Waals surface area contributed by atoms with E-state index in [-0.39, 0.29) is 0 Å². The van der Waals surface area contributed by atoms with Crippen molar-refractivity contribution in [1.82, 2.24) is 10.6 Å².